The number of nitrogens with two attached hydrogens (primary N) is 1. The molecule has 128 valence electrons. The SMILES string of the molecule is C=CCSc1nnc(SCC2=C(C(=O)O)N3C(=O)C(N)[C@H]3SC2)s1. The zero-order valence-corrected chi connectivity index (χ0v) is 15.6. The van der Waals surface area contributed by atoms with Gasteiger partial charge in [0.1, 0.15) is 17.1 Å². The van der Waals surface area contributed by atoms with Gasteiger partial charge in [0.05, 0.1) is 0 Å². The summed E-state index contributed by atoms with van der Waals surface area (Å²) in [5.41, 5.74) is 6.52. The van der Waals surface area contributed by atoms with E-state index in [1.165, 1.54) is 39.8 Å². The van der Waals surface area contributed by atoms with Crippen molar-refractivity contribution in [2.75, 3.05) is 17.3 Å². The fourth-order valence-corrected chi connectivity index (χ4v) is 6.50. The third-order valence-electron chi connectivity index (χ3n) is 3.37. The van der Waals surface area contributed by atoms with E-state index in [-0.39, 0.29) is 17.0 Å². The summed E-state index contributed by atoms with van der Waals surface area (Å²) in [7, 11) is 0. The van der Waals surface area contributed by atoms with E-state index in [4.69, 9.17) is 5.73 Å². The third kappa shape index (κ3) is 3.36. The molecule has 7 nitrogen and oxygen atoms in total. The Bertz CT molecular complexity index is 720. The second kappa shape index (κ2) is 7.48. The molecule has 1 aromatic rings. The number of thioether (sulfide) groups is 3. The molecule has 0 bridgehead atoms. The molecule has 3 rings (SSSR count). The van der Waals surface area contributed by atoms with Crippen LogP contribution in [0, 0.1) is 0 Å². The highest BCUT2D eigenvalue weighted by molar-refractivity contribution is 8.03. The highest BCUT2D eigenvalue weighted by atomic mass is 32.2. The van der Waals surface area contributed by atoms with E-state index in [1.807, 2.05) is 0 Å². The van der Waals surface area contributed by atoms with Gasteiger partial charge in [-0.3, -0.25) is 9.69 Å². The monoisotopic (exact) mass is 402 g/mol. The van der Waals surface area contributed by atoms with Gasteiger partial charge in [-0.15, -0.1) is 28.5 Å². The molecule has 0 radical (unpaired) electrons. The van der Waals surface area contributed by atoms with Crippen LogP contribution in [0.15, 0.2) is 32.6 Å². The maximum atomic E-state index is 11.9. The predicted octanol–water partition coefficient (Wildman–Crippen LogP) is 1.49. The molecule has 2 aliphatic rings. The maximum absolute atomic E-state index is 11.9. The van der Waals surface area contributed by atoms with Crippen molar-refractivity contribution in [3.63, 3.8) is 0 Å². The van der Waals surface area contributed by atoms with Gasteiger partial charge in [-0.25, -0.2) is 4.79 Å². The summed E-state index contributed by atoms with van der Waals surface area (Å²) < 4.78 is 1.63. The highest BCUT2D eigenvalue weighted by Crippen LogP contribution is 2.41. The summed E-state index contributed by atoms with van der Waals surface area (Å²) in [6, 6.07) is -0.605. The van der Waals surface area contributed by atoms with Gasteiger partial charge in [0.25, 0.3) is 0 Å². The normalized spacial score (nSPS) is 23.0. The average molecular weight is 403 g/mol. The fourth-order valence-electron chi connectivity index (χ4n) is 2.28. The number of amides is 1. The lowest BCUT2D eigenvalue weighted by Gasteiger charge is -2.48. The van der Waals surface area contributed by atoms with Gasteiger partial charge in [-0.05, 0) is 5.57 Å². The molecular formula is C13H14N4O3S4. The van der Waals surface area contributed by atoms with Crippen LogP contribution in [0.25, 0.3) is 0 Å². The Morgan fingerprint density at radius 2 is 2.17 bits per heavy atom. The second-order valence-corrected chi connectivity index (χ2v) is 9.49. The minimum Gasteiger partial charge on any atom is -0.477 e. The molecule has 24 heavy (non-hydrogen) atoms. The number of carboxylic acids is 1. The van der Waals surface area contributed by atoms with E-state index >= 15 is 0 Å². The van der Waals surface area contributed by atoms with Crippen LogP contribution >= 0.6 is 46.6 Å². The molecule has 1 saturated heterocycles. The number of aliphatic carboxylic acids is 1. The van der Waals surface area contributed by atoms with Crippen molar-refractivity contribution in [3.05, 3.63) is 23.9 Å². The van der Waals surface area contributed by atoms with E-state index in [0.29, 0.717) is 17.1 Å². The average Bonchev–Trinajstić information content (AvgIpc) is 3.04. The minimum absolute atomic E-state index is 0.0729. The number of hydrogen-bond donors (Lipinski definition) is 2. The van der Waals surface area contributed by atoms with Gasteiger partial charge in [0, 0.05) is 17.3 Å². The van der Waals surface area contributed by atoms with Gasteiger partial charge < -0.3 is 10.8 Å². The summed E-state index contributed by atoms with van der Waals surface area (Å²) in [6.07, 6.45) is 1.80. The molecule has 1 aromatic heterocycles. The van der Waals surface area contributed by atoms with Crippen molar-refractivity contribution in [2.45, 2.75) is 20.1 Å². The number of rotatable bonds is 7. The number of carbonyl (C=O) groups is 2. The van der Waals surface area contributed by atoms with Crippen molar-refractivity contribution >= 4 is 58.5 Å². The maximum Gasteiger partial charge on any atom is 0.352 e. The summed E-state index contributed by atoms with van der Waals surface area (Å²) in [5, 5.41) is 17.4. The minimum atomic E-state index is -1.09. The van der Waals surface area contributed by atoms with Crippen LogP contribution in [0.2, 0.25) is 0 Å². The summed E-state index contributed by atoms with van der Waals surface area (Å²) in [6.45, 7) is 3.66. The second-order valence-electron chi connectivity index (χ2n) is 4.92. The Balaban J connectivity index is 1.71. The standard InChI is InChI=1S/C13H14N4O3S4/c1-2-3-21-12-15-16-13(24-12)23-5-6-4-22-10-7(14)9(18)17(10)8(6)11(19)20/h2,7,10H,1,3-5,14H2,(H,19,20)/t7?,10-/m1/s1. The van der Waals surface area contributed by atoms with E-state index in [1.54, 1.807) is 17.8 Å². The van der Waals surface area contributed by atoms with Crippen LogP contribution in [0.1, 0.15) is 0 Å². The molecule has 2 aliphatic heterocycles. The van der Waals surface area contributed by atoms with Crippen LogP contribution in [0.5, 0.6) is 0 Å². The first-order chi connectivity index (χ1) is 11.5. The third-order valence-corrected chi connectivity index (χ3v) is 8.01. The quantitative estimate of drug-likeness (QED) is 0.398. The van der Waals surface area contributed by atoms with Crippen LogP contribution in [-0.4, -0.2) is 60.8 Å². The molecule has 11 heteroatoms. The van der Waals surface area contributed by atoms with Crippen molar-refractivity contribution in [1.82, 2.24) is 15.1 Å². The molecule has 1 fully saturated rings. The van der Waals surface area contributed by atoms with Crippen molar-refractivity contribution in [2.24, 2.45) is 5.73 Å². The highest BCUT2D eigenvalue weighted by Gasteiger charge is 2.51. The lowest BCUT2D eigenvalue weighted by atomic mass is 10.0. The molecule has 3 N–H and O–H groups in total. The molecule has 3 heterocycles. The number of hydrogen-bond acceptors (Lipinski definition) is 9. The van der Waals surface area contributed by atoms with E-state index < -0.39 is 12.0 Å². The number of fused-ring (bicyclic) bond motifs is 1. The van der Waals surface area contributed by atoms with Gasteiger partial charge in [0.15, 0.2) is 8.68 Å². The molecule has 0 saturated carbocycles. The van der Waals surface area contributed by atoms with Gasteiger partial charge >= 0.3 is 5.97 Å². The van der Waals surface area contributed by atoms with E-state index in [9.17, 15) is 14.7 Å². The van der Waals surface area contributed by atoms with Crippen molar-refractivity contribution in [1.29, 1.82) is 0 Å². The summed E-state index contributed by atoms with van der Waals surface area (Å²) >= 11 is 5.96. The van der Waals surface area contributed by atoms with Crippen LogP contribution in [-0.2, 0) is 9.59 Å². The first-order valence-electron chi connectivity index (χ1n) is 6.88. The van der Waals surface area contributed by atoms with Crippen molar-refractivity contribution < 1.29 is 14.7 Å². The Kier molecular flexibility index (Phi) is 5.55. The molecule has 1 amide bonds. The first-order valence-corrected chi connectivity index (χ1v) is 10.7. The van der Waals surface area contributed by atoms with Gasteiger partial charge in [0.2, 0.25) is 5.91 Å². The van der Waals surface area contributed by atoms with Crippen LogP contribution < -0.4 is 5.73 Å². The zero-order chi connectivity index (χ0) is 17.3. The lowest BCUT2D eigenvalue weighted by Crippen LogP contribution is -2.68. The number of carbonyl (C=O) groups excluding carboxylic acids is 1. The van der Waals surface area contributed by atoms with E-state index in [2.05, 4.69) is 16.8 Å². The number of β-lactam (4-membered cyclic amide) rings is 1. The van der Waals surface area contributed by atoms with Gasteiger partial charge in [-0.2, -0.15) is 0 Å². The largest absolute Gasteiger partial charge is 0.477 e. The fraction of sp³-hybridized carbons (Fsp3) is 0.385. The molecule has 0 aromatic carbocycles. The molecular weight excluding hydrogens is 388 g/mol. The topological polar surface area (TPSA) is 109 Å². The number of carboxylic acid groups (broad SMARTS) is 1. The van der Waals surface area contributed by atoms with Crippen LogP contribution in [0.4, 0.5) is 0 Å². The predicted molar refractivity (Wildman–Crippen MR) is 97.3 cm³/mol. The summed E-state index contributed by atoms with van der Waals surface area (Å²) in [5.74, 6) is 0.361. The molecule has 2 atom stereocenters. The number of nitrogens with zero attached hydrogens (tertiary/aromatic N) is 3. The Hall–Kier alpha value is -1.01. The summed E-state index contributed by atoms with van der Waals surface area (Å²) in [4.78, 5) is 24.8. The van der Waals surface area contributed by atoms with Gasteiger partial charge in [-0.1, -0.05) is 40.9 Å². The smallest absolute Gasteiger partial charge is 0.352 e. The Labute approximate surface area is 155 Å². The Morgan fingerprint density at radius 1 is 1.46 bits per heavy atom. The first kappa shape index (κ1) is 17.8. The molecule has 0 spiro atoms. The number of aromatic nitrogens is 2. The molecule has 1 unspecified atom stereocenters. The zero-order valence-electron chi connectivity index (χ0n) is 12.4. The Morgan fingerprint density at radius 3 is 2.83 bits per heavy atom. The van der Waals surface area contributed by atoms with Crippen LogP contribution in [0.3, 0.4) is 0 Å². The lowest BCUT2D eigenvalue weighted by molar-refractivity contribution is -0.147. The van der Waals surface area contributed by atoms with E-state index in [0.717, 1.165) is 14.4 Å². The molecule has 0 aliphatic carbocycles. The van der Waals surface area contributed by atoms with Crippen molar-refractivity contribution in [3.8, 4) is 0 Å².